The van der Waals surface area contributed by atoms with Gasteiger partial charge in [0.2, 0.25) is 5.89 Å². The average molecular weight is 452 g/mol. The molecule has 0 bridgehead atoms. The van der Waals surface area contributed by atoms with Gasteiger partial charge in [-0.1, -0.05) is 58.7 Å². The molecule has 2 heterocycles. The summed E-state index contributed by atoms with van der Waals surface area (Å²) < 4.78 is 13.0. The van der Waals surface area contributed by atoms with Crippen LogP contribution in [0.5, 0.6) is 5.75 Å². The molecule has 7 nitrogen and oxygen atoms in total. The Morgan fingerprint density at radius 1 is 1.06 bits per heavy atom. The number of aromatic nitrogens is 3. The second-order valence-corrected chi connectivity index (χ2v) is 7.51. The molecule has 4 aromatic rings. The topological polar surface area (TPSA) is 90.4 Å². The van der Waals surface area contributed by atoms with E-state index in [9.17, 15) is 4.79 Å². The molecule has 0 saturated carbocycles. The van der Waals surface area contributed by atoms with Crippen LogP contribution in [0.15, 0.2) is 59.1 Å². The van der Waals surface area contributed by atoms with Crippen LogP contribution in [0.4, 0.5) is 0 Å². The number of aliphatic carboxylic acids is 1. The molecule has 0 atom stereocenters. The van der Waals surface area contributed by atoms with Crippen molar-refractivity contribution in [3.63, 3.8) is 0 Å². The lowest BCUT2D eigenvalue weighted by Gasteiger charge is -2.06. The number of aryl methyl sites for hydroxylation is 1. The summed E-state index contributed by atoms with van der Waals surface area (Å²) in [6.07, 6.45) is 4.13. The Labute approximate surface area is 195 Å². The van der Waals surface area contributed by atoms with Crippen LogP contribution in [0.25, 0.3) is 22.4 Å². The Morgan fingerprint density at radius 2 is 1.73 bits per heavy atom. The molecule has 0 unspecified atom stereocenters. The smallest absolute Gasteiger partial charge is 0.325 e. The van der Waals surface area contributed by atoms with Gasteiger partial charge in [0.25, 0.3) is 0 Å². The Hall–Kier alpha value is -3.61. The largest absolute Gasteiger partial charge is 0.487 e. The first kappa shape index (κ1) is 25.6. The summed E-state index contributed by atoms with van der Waals surface area (Å²) >= 11 is 0. The van der Waals surface area contributed by atoms with Crippen molar-refractivity contribution in [1.29, 1.82) is 0 Å². The van der Waals surface area contributed by atoms with E-state index in [1.54, 1.807) is 12.3 Å². The second kappa shape index (κ2) is 13.1. The van der Waals surface area contributed by atoms with Crippen molar-refractivity contribution in [1.82, 2.24) is 14.8 Å². The van der Waals surface area contributed by atoms with Crippen LogP contribution in [0.3, 0.4) is 0 Å². The number of nitrogens with zero attached hydrogens (tertiary/aromatic N) is 3. The minimum absolute atomic E-state index is 0.199. The minimum Gasteiger partial charge on any atom is -0.487 e. The third-order valence-electron chi connectivity index (χ3n) is 4.19. The summed E-state index contributed by atoms with van der Waals surface area (Å²) in [5, 5.41) is 13.9. The summed E-state index contributed by atoms with van der Waals surface area (Å²) in [6, 6.07) is 15.1. The van der Waals surface area contributed by atoms with Crippen LogP contribution < -0.4 is 4.74 Å². The maximum atomic E-state index is 11.0. The molecule has 2 aromatic heterocycles. The Morgan fingerprint density at radius 3 is 2.36 bits per heavy atom. The predicted octanol–water partition coefficient (Wildman–Crippen LogP) is 6.50. The molecule has 0 aliphatic heterocycles. The fourth-order valence-corrected chi connectivity index (χ4v) is 2.81. The molecule has 0 saturated heterocycles. The number of oxazole rings is 1. The molecule has 0 aliphatic rings. The maximum absolute atomic E-state index is 11.0. The standard InChI is InChI=1S/C20H17N3O4.2C3H8/c1-13-17(22-20(27-13)14-5-3-2-4-6-14)12-26-16-8-7-15-10-21-23(11-19(24)25)18(15)9-16;2*1-3-2/h2-10H,11-12H2,1H3,(H,24,25);2*3H2,1-2H3. The van der Waals surface area contributed by atoms with Gasteiger partial charge >= 0.3 is 5.97 Å². The number of hydrogen-bond acceptors (Lipinski definition) is 5. The van der Waals surface area contributed by atoms with Gasteiger partial charge in [-0.05, 0) is 31.2 Å². The quantitative estimate of drug-likeness (QED) is 0.360. The highest BCUT2D eigenvalue weighted by atomic mass is 16.5. The van der Waals surface area contributed by atoms with E-state index < -0.39 is 5.97 Å². The van der Waals surface area contributed by atoms with Crippen molar-refractivity contribution in [3.05, 3.63) is 66.2 Å². The summed E-state index contributed by atoms with van der Waals surface area (Å²) in [6.45, 7) is 10.4. The van der Waals surface area contributed by atoms with E-state index in [0.717, 1.165) is 10.9 Å². The third kappa shape index (κ3) is 7.49. The van der Waals surface area contributed by atoms with Gasteiger partial charge in [-0.25, -0.2) is 4.98 Å². The van der Waals surface area contributed by atoms with Crippen LogP contribution in [-0.4, -0.2) is 25.8 Å². The normalized spacial score (nSPS) is 10.1. The number of hydrogen-bond donors (Lipinski definition) is 1. The van der Waals surface area contributed by atoms with Crippen LogP contribution >= 0.6 is 0 Å². The summed E-state index contributed by atoms with van der Waals surface area (Å²) in [5.41, 5.74) is 2.33. The summed E-state index contributed by atoms with van der Waals surface area (Å²) in [4.78, 5) is 15.5. The van der Waals surface area contributed by atoms with E-state index in [2.05, 4.69) is 37.8 Å². The fourth-order valence-electron chi connectivity index (χ4n) is 2.81. The van der Waals surface area contributed by atoms with Crippen LogP contribution in [0.2, 0.25) is 0 Å². The lowest BCUT2D eigenvalue weighted by molar-refractivity contribution is -0.137. The highest BCUT2D eigenvalue weighted by Crippen LogP contribution is 2.24. The average Bonchev–Trinajstić information content (AvgIpc) is 3.36. The lowest BCUT2D eigenvalue weighted by atomic mass is 10.2. The SMILES string of the molecule is CCC.CCC.Cc1oc(-c2ccccc2)nc1COc1ccc2cnn(CC(=O)O)c2c1. The number of carboxylic acid groups (broad SMARTS) is 1. The Bertz CT molecular complexity index is 1130. The number of fused-ring (bicyclic) bond motifs is 1. The monoisotopic (exact) mass is 451 g/mol. The molecule has 0 spiro atoms. The van der Waals surface area contributed by atoms with Crippen molar-refractivity contribution in [2.45, 2.75) is 60.6 Å². The van der Waals surface area contributed by atoms with Crippen molar-refractivity contribution in [3.8, 4) is 17.2 Å². The summed E-state index contributed by atoms with van der Waals surface area (Å²) in [7, 11) is 0. The van der Waals surface area contributed by atoms with Gasteiger partial charge in [-0.3, -0.25) is 9.48 Å². The first-order valence-electron chi connectivity index (χ1n) is 11.2. The van der Waals surface area contributed by atoms with E-state index in [-0.39, 0.29) is 13.2 Å². The highest BCUT2D eigenvalue weighted by Gasteiger charge is 2.13. The third-order valence-corrected chi connectivity index (χ3v) is 4.19. The molecule has 7 heteroatoms. The number of rotatable bonds is 6. The lowest BCUT2D eigenvalue weighted by Crippen LogP contribution is -2.09. The summed E-state index contributed by atoms with van der Waals surface area (Å²) in [5.74, 6) is 0.920. The molecule has 0 amide bonds. The van der Waals surface area contributed by atoms with E-state index in [1.165, 1.54) is 17.5 Å². The fraction of sp³-hybridized carbons (Fsp3) is 0.346. The Kier molecular flexibility index (Phi) is 10.1. The predicted molar refractivity (Wildman–Crippen MR) is 130 cm³/mol. The van der Waals surface area contributed by atoms with E-state index in [1.807, 2.05) is 49.4 Å². The van der Waals surface area contributed by atoms with Crippen molar-refractivity contribution >= 4 is 16.9 Å². The van der Waals surface area contributed by atoms with Gasteiger partial charge in [-0.2, -0.15) is 5.10 Å². The number of ether oxygens (including phenoxy) is 1. The molecule has 4 rings (SSSR count). The van der Waals surface area contributed by atoms with Crippen molar-refractivity contribution in [2.24, 2.45) is 0 Å². The number of carboxylic acids is 1. The van der Waals surface area contributed by atoms with Crippen LogP contribution in [-0.2, 0) is 17.9 Å². The van der Waals surface area contributed by atoms with Gasteiger partial charge in [-0.15, -0.1) is 0 Å². The van der Waals surface area contributed by atoms with Crippen LogP contribution in [0, 0.1) is 6.92 Å². The molecule has 0 radical (unpaired) electrons. The van der Waals surface area contributed by atoms with Gasteiger partial charge in [0, 0.05) is 17.0 Å². The highest BCUT2D eigenvalue weighted by molar-refractivity contribution is 5.81. The van der Waals surface area contributed by atoms with Gasteiger partial charge in [0.1, 0.15) is 30.4 Å². The Balaban J connectivity index is 0.000000582. The maximum Gasteiger partial charge on any atom is 0.325 e. The van der Waals surface area contributed by atoms with Crippen LogP contribution in [0.1, 0.15) is 52.0 Å². The van der Waals surface area contributed by atoms with E-state index >= 15 is 0 Å². The second-order valence-electron chi connectivity index (χ2n) is 7.51. The molecule has 33 heavy (non-hydrogen) atoms. The van der Waals surface area contributed by atoms with Crippen molar-refractivity contribution < 1.29 is 19.1 Å². The molecular formula is C26H33N3O4. The molecular weight excluding hydrogens is 418 g/mol. The van der Waals surface area contributed by atoms with Gasteiger partial charge in [0.05, 0.1) is 11.7 Å². The zero-order valence-corrected chi connectivity index (χ0v) is 20.0. The van der Waals surface area contributed by atoms with E-state index in [4.69, 9.17) is 14.3 Å². The number of carbonyl (C=O) groups is 1. The molecule has 0 aliphatic carbocycles. The molecule has 1 N–H and O–H groups in total. The van der Waals surface area contributed by atoms with Gasteiger partial charge in [0.15, 0.2) is 0 Å². The molecule has 176 valence electrons. The number of benzene rings is 2. The van der Waals surface area contributed by atoms with Gasteiger partial charge < -0.3 is 14.3 Å². The molecule has 2 aromatic carbocycles. The van der Waals surface area contributed by atoms with E-state index in [0.29, 0.717) is 28.6 Å². The first-order valence-corrected chi connectivity index (χ1v) is 11.2. The van der Waals surface area contributed by atoms with Crippen molar-refractivity contribution in [2.75, 3.05) is 0 Å². The molecule has 0 fully saturated rings. The first-order chi connectivity index (χ1) is 15.9. The zero-order chi connectivity index (χ0) is 24.2. The zero-order valence-electron chi connectivity index (χ0n) is 20.0. The minimum atomic E-state index is -0.946.